The third-order valence-electron chi connectivity index (χ3n) is 5.10. The number of para-hydroxylation sites is 1. The van der Waals surface area contributed by atoms with Gasteiger partial charge in [-0.15, -0.1) is 0 Å². The van der Waals surface area contributed by atoms with Gasteiger partial charge in [-0.1, -0.05) is 47.5 Å². The highest BCUT2D eigenvalue weighted by molar-refractivity contribution is 6.43. The third kappa shape index (κ3) is 3.02. The van der Waals surface area contributed by atoms with Crippen LogP contribution < -0.4 is 0 Å². The quantitative estimate of drug-likeness (QED) is 0.631. The summed E-state index contributed by atoms with van der Waals surface area (Å²) in [5, 5.41) is 6.40. The molecule has 26 heavy (non-hydrogen) atoms. The highest BCUT2D eigenvalue weighted by atomic mass is 35.5. The number of hydrogen-bond acceptors (Lipinski definition) is 3. The van der Waals surface area contributed by atoms with Crippen LogP contribution in [0.5, 0.6) is 0 Å². The number of fused-ring (bicyclic) bond motifs is 1. The molecule has 6 heteroatoms. The minimum atomic E-state index is -0.257. The van der Waals surface area contributed by atoms with Crippen LogP contribution in [-0.4, -0.2) is 40.7 Å². The van der Waals surface area contributed by atoms with Gasteiger partial charge in [-0.3, -0.25) is 4.79 Å². The maximum Gasteiger partial charge on any atom is 0.280 e. The first kappa shape index (κ1) is 17.5. The first-order valence-electron chi connectivity index (χ1n) is 8.71. The van der Waals surface area contributed by atoms with Crippen LogP contribution in [0.2, 0.25) is 10.0 Å². The highest BCUT2D eigenvalue weighted by Crippen LogP contribution is 2.33. The Labute approximate surface area is 162 Å². The Morgan fingerprint density at radius 3 is 2.58 bits per heavy atom. The van der Waals surface area contributed by atoms with Gasteiger partial charge in [-0.2, -0.15) is 9.78 Å². The monoisotopic (exact) mass is 387 g/mol. The molecule has 0 radical (unpaired) electrons. The van der Waals surface area contributed by atoms with Gasteiger partial charge < -0.3 is 4.90 Å². The molecule has 0 unspecified atom stereocenters. The van der Waals surface area contributed by atoms with E-state index in [4.69, 9.17) is 28.3 Å². The van der Waals surface area contributed by atoms with Crippen molar-refractivity contribution in [3.8, 4) is 0 Å². The second kappa shape index (κ2) is 7.03. The van der Waals surface area contributed by atoms with Gasteiger partial charge in [0.2, 0.25) is 0 Å². The van der Waals surface area contributed by atoms with Crippen LogP contribution in [0.4, 0.5) is 0 Å². The van der Waals surface area contributed by atoms with Crippen molar-refractivity contribution in [3.63, 3.8) is 0 Å². The normalized spacial score (nSPS) is 16.3. The standard InChI is InChI=1S/C20H19Cl2N3O/c1-24-11-9-13(10-12-24)19-14-5-2-3-8-17(14)25(23-19)20(26)15-6-4-7-16(21)18(15)22/h2-8,13H,9-12H2,1H3. The molecular formula is C20H19Cl2N3O. The third-order valence-corrected chi connectivity index (χ3v) is 5.91. The summed E-state index contributed by atoms with van der Waals surface area (Å²) in [6.45, 7) is 2.08. The molecule has 0 saturated carbocycles. The van der Waals surface area contributed by atoms with Gasteiger partial charge >= 0.3 is 0 Å². The summed E-state index contributed by atoms with van der Waals surface area (Å²) in [7, 11) is 2.14. The van der Waals surface area contributed by atoms with Crippen LogP contribution in [0.15, 0.2) is 42.5 Å². The number of piperidine rings is 1. The van der Waals surface area contributed by atoms with E-state index in [9.17, 15) is 4.79 Å². The lowest BCUT2D eigenvalue weighted by molar-refractivity contribution is 0.0949. The average Bonchev–Trinajstić information content (AvgIpc) is 3.04. The van der Waals surface area contributed by atoms with E-state index in [1.54, 1.807) is 18.2 Å². The van der Waals surface area contributed by atoms with Gasteiger partial charge in [0, 0.05) is 11.3 Å². The smallest absolute Gasteiger partial charge is 0.280 e. The topological polar surface area (TPSA) is 38.1 Å². The van der Waals surface area contributed by atoms with E-state index in [0.29, 0.717) is 16.5 Å². The van der Waals surface area contributed by atoms with Crippen molar-refractivity contribution >= 4 is 40.0 Å². The van der Waals surface area contributed by atoms with Crippen molar-refractivity contribution in [1.29, 1.82) is 0 Å². The molecule has 0 N–H and O–H groups in total. The lowest BCUT2D eigenvalue weighted by Gasteiger charge is -2.28. The SMILES string of the molecule is CN1CCC(c2nn(C(=O)c3cccc(Cl)c3Cl)c3ccccc23)CC1. The molecule has 1 aromatic heterocycles. The Bertz CT molecular complexity index is 974. The summed E-state index contributed by atoms with van der Waals surface area (Å²) in [4.78, 5) is 15.5. The molecule has 1 aliphatic rings. The number of nitrogens with zero attached hydrogens (tertiary/aromatic N) is 3. The average molecular weight is 388 g/mol. The Morgan fingerprint density at radius 1 is 1.08 bits per heavy atom. The number of rotatable bonds is 2. The molecule has 1 saturated heterocycles. The van der Waals surface area contributed by atoms with Gasteiger partial charge in [-0.25, -0.2) is 0 Å². The van der Waals surface area contributed by atoms with Crippen LogP contribution in [-0.2, 0) is 0 Å². The van der Waals surface area contributed by atoms with Gasteiger partial charge in [-0.05, 0) is 51.2 Å². The molecule has 3 aromatic rings. The predicted molar refractivity (Wildman–Crippen MR) is 105 cm³/mol. The molecule has 134 valence electrons. The van der Waals surface area contributed by atoms with Crippen LogP contribution in [0, 0.1) is 0 Å². The Morgan fingerprint density at radius 2 is 1.81 bits per heavy atom. The van der Waals surface area contributed by atoms with Crippen LogP contribution in [0.25, 0.3) is 10.9 Å². The molecule has 0 bridgehead atoms. The number of carbonyl (C=O) groups is 1. The fourth-order valence-corrected chi connectivity index (χ4v) is 3.99. The van der Waals surface area contributed by atoms with E-state index in [1.165, 1.54) is 4.68 Å². The Balaban J connectivity index is 1.81. The first-order valence-corrected chi connectivity index (χ1v) is 9.47. The maximum absolute atomic E-state index is 13.1. The van der Waals surface area contributed by atoms with E-state index in [-0.39, 0.29) is 10.9 Å². The number of carbonyl (C=O) groups excluding carboxylic acids is 1. The molecule has 0 amide bonds. The lowest BCUT2D eigenvalue weighted by Crippen LogP contribution is -2.29. The molecule has 1 fully saturated rings. The highest BCUT2D eigenvalue weighted by Gasteiger charge is 2.26. The summed E-state index contributed by atoms with van der Waals surface area (Å²) in [5.74, 6) is 0.105. The zero-order valence-corrected chi connectivity index (χ0v) is 16.0. The summed E-state index contributed by atoms with van der Waals surface area (Å²) in [6, 6.07) is 13.0. The lowest BCUT2D eigenvalue weighted by atomic mass is 9.92. The molecule has 2 aromatic carbocycles. The second-order valence-electron chi connectivity index (χ2n) is 6.80. The van der Waals surface area contributed by atoms with Crippen molar-refractivity contribution in [3.05, 3.63) is 63.8 Å². The van der Waals surface area contributed by atoms with Gasteiger partial charge in [0.05, 0.1) is 26.8 Å². The van der Waals surface area contributed by atoms with Crippen molar-refractivity contribution < 1.29 is 4.79 Å². The van der Waals surface area contributed by atoms with E-state index < -0.39 is 0 Å². The minimum absolute atomic E-state index is 0.257. The summed E-state index contributed by atoms with van der Waals surface area (Å²) in [6.07, 6.45) is 2.09. The Hall–Kier alpha value is -1.88. The maximum atomic E-state index is 13.1. The minimum Gasteiger partial charge on any atom is -0.306 e. The van der Waals surface area contributed by atoms with Gasteiger partial charge in [0.25, 0.3) is 5.91 Å². The van der Waals surface area contributed by atoms with E-state index in [1.807, 2.05) is 24.3 Å². The summed E-state index contributed by atoms with van der Waals surface area (Å²) in [5.41, 5.74) is 2.17. The van der Waals surface area contributed by atoms with Crippen LogP contribution >= 0.6 is 23.2 Å². The van der Waals surface area contributed by atoms with E-state index >= 15 is 0 Å². The predicted octanol–water partition coefficient (Wildman–Crippen LogP) is 4.84. The number of benzene rings is 2. The van der Waals surface area contributed by atoms with Crippen molar-refractivity contribution in [1.82, 2.24) is 14.7 Å². The number of hydrogen-bond donors (Lipinski definition) is 0. The van der Waals surface area contributed by atoms with Crippen LogP contribution in [0.1, 0.15) is 34.8 Å². The largest absolute Gasteiger partial charge is 0.306 e. The van der Waals surface area contributed by atoms with E-state index in [0.717, 1.165) is 42.5 Å². The van der Waals surface area contributed by atoms with Gasteiger partial charge in [0.15, 0.2) is 0 Å². The Kier molecular flexibility index (Phi) is 4.74. The zero-order chi connectivity index (χ0) is 18.3. The summed E-state index contributed by atoms with van der Waals surface area (Å²) >= 11 is 12.3. The van der Waals surface area contributed by atoms with Crippen molar-refractivity contribution in [2.45, 2.75) is 18.8 Å². The molecule has 1 aliphatic heterocycles. The molecular weight excluding hydrogens is 369 g/mol. The van der Waals surface area contributed by atoms with E-state index in [2.05, 4.69) is 11.9 Å². The first-order chi connectivity index (χ1) is 12.6. The molecule has 2 heterocycles. The molecule has 4 rings (SSSR count). The van der Waals surface area contributed by atoms with Crippen molar-refractivity contribution in [2.24, 2.45) is 0 Å². The summed E-state index contributed by atoms with van der Waals surface area (Å²) < 4.78 is 1.47. The number of aromatic nitrogens is 2. The fraction of sp³-hybridized carbons (Fsp3) is 0.300. The molecule has 4 nitrogen and oxygen atoms in total. The number of halogens is 2. The second-order valence-corrected chi connectivity index (χ2v) is 7.58. The fourth-order valence-electron chi connectivity index (χ4n) is 3.61. The zero-order valence-electron chi connectivity index (χ0n) is 14.5. The van der Waals surface area contributed by atoms with Crippen LogP contribution in [0.3, 0.4) is 0 Å². The molecule has 0 aliphatic carbocycles. The molecule has 0 spiro atoms. The van der Waals surface area contributed by atoms with Crippen molar-refractivity contribution in [2.75, 3.05) is 20.1 Å². The number of likely N-dealkylation sites (tertiary alicyclic amines) is 1. The molecule has 0 atom stereocenters. The van der Waals surface area contributed by atoms with Gasteiger partial charge in [0.1, 0.15) is 0 Å².